The second-order valence-corrected chi connectivity index (χ2v) is 3.06. The second-order valence-electron chi connectivity index (χ2n) is 3.06. The third-order valence-electron chi connectivity index (χ3n) is 2.20. The van der Waals surface area contributed by atoms with Crippen LogP contribution in [0.4, 0.5) is 4.39 Å². The van der Waals surface area contributed by atoms with Crippen molar-refractivity contribution in [1.82, 2.24) is 0 Å². The molecular weight excluding hydrogens is 171 g/mol. The van der Waals surface area contributed by atoms with E-state index in [-0.39, 0.29) is 18.2 Å². The third kappa shape index (κ3) is 1.47. The van der Waals surface area contributed by atoms with Crippen LogP contribution in [0.5, 0.6) is 0 Å². The topological polar surface area (TPSA) is 26.3 Å². The highest BCUT2D eigenvalue weighted by molar-refractivity contribution is 5.88. The van der Waals surface area contributed by atoms with E-state index in [9.17, 15) is 9.18 Å². The van der Waals surface area contributed by atoms with Crippen LogP contribution in [-0.4, -0.2) is 19.0 Å². The summed E-state index contributed by atoms with van der Waals surface area (Å²) >= 11 is 0. The molecule has 0 radical (unpaired) electrons. The molecule has 2 rings (SSSR count). The summed E-state index contributed by atoms with van der Waals surface area (Å²) in [6, 6.07) is 6.33. The molecule has 68 valence electrons. The van der Waals surface area contributed by atoms with Crippen molar-refractivity contribution in [1.29, 1.82) is 0 Å². The van der Waals surface area contributed by atoms with Gasteiger partial charge in [0, 0.05) is 5.56 Å². The summed E-state index contributed by atoms with van der Waals surface area (Å²) in [4.78, 5) is 11.2. The zero-order valence-corrected chi connectivity index (χ0v) is 7.00. The second kappa shape index (κ2) is 3.26. The zero-order valence-electron chi connectivity index (χ0n) is 7.00. The van der Waals surface area contributed by atoms with Crippen molar-refractivity contribution < 1.29 is 13.9 Å². The van der Waals surface area contributed by atoms with E-state index in [1.165, 1.54) is 6.07 Å². The lowest BCUT2D eigenvalue weighted by molar-refractivity contribution is -0.118. The van der Waals surface area contributed by atoms with Gasteiger partial charge in [-0.15, -0.1) is 0 Å². The number of carbonyl (C=O) groups excluding carboxylic acids is 1. The van der Waals surface area contributed by atoms with Crippen molar-refractivity contribution in [2.45, 2.75) is 5.92 Å². The first-order chi connectivity index (χ1) is 6.29. The van der Waals surface area contributed by atoms with Crippen molar-refractivity contribution in [2.24, 2.45) is 0 Å². The first kappa shape index (κ1) is 8.38. The van der Waals surface area contributed by atoms with Crippen molar-refractivity contribution in [3.63, 3.8) is 0 Å². The highest BCUT2D eigenvalue weighted by atomic mass is 19.1. The van der Waals surface area contributed by atoms with Crippen LogP contribution in [0.2, 0.25) is 0 Å². The van der Waals surface area contributed by atoms with E-state index in [0.29, 0.717) is 12.2 Å². The molecule has 1 aliphatic rings. The van der Waals surface area contributed by atoms with E-state index in [0.717, 1.165) is 0 Å². The number of Topliss-reactive ketones (excluding diaryl/α,β-unsaturated/α-hetero) is 1. The van der Waals surface area contributed by atoms with Crippen molar-refractivity contribution in [3.05, 3.63) is 35.6 Å². The fourth-order valence-electron chi connectivity index (χ4n) is 1.49. The molecule has 13 heavy (non-hydrogen) atoms. The van der Waals surface area contributed by atoms with E-state index < -0.39 is 5.92 Å². The molecular formula is C10H9FO2. The van der Waals surface area contributed by atoms with Gasteiger partial charge >= 0.3 is 0 Å². The van der Waals surface area contributed by atoms with Crippen LogP contribution in [-0.2, 0) is 9.53 Å². The Morgan fingerprint density at radius 1 is 1.38 bits per heavy atom. The largest absolute Gasteiger partial charge is 0.373 e. The average molecular weight is 180 g/mol. The lowest BCUT2D eigenvalue weighted by Gasteiger charge is -2.06. The zero-order chi connectivity index (χ0) is 9.26. The highest BCUT2D eigenvalue weighted by Crippen LogP contribution is 2.24. The highest BCUT2D eigenvalue weighted by Gasteiger charge is 2.28. The van der Waals surface area contributed by atoms with Gasteiger partial charge in [-0.1, -0.05) is 18.2 Å². The Labute approximate surface area is 75.3 Å². The summed E-state index contributed by atoms with van der Waals surface area (Å²) < 4.78 is 18.2. The molecule has 1 saturated heterocycles. The first-order valence-corrected chi connectivity index (χ1v) is 4.14. The van der Waals surface area contributed by atoms with Crippen molar-refractivity contribution in [3.8, 4) is 0 Å². The smallest absolute Gasteiger partial charge is 0.168 e. The molecule has 0 aromatic heterocycles. The van der Waals surface area contributed by atoms with Crippen molar-refractivity contribution >= 4 is 5.78 Å². The lowest BCUT2D eigenvalue weighted by atomic mass is 9.97. The maximum absolute atomic E-state index is 13.2. The summed E-state index contributed by atoms with van der Waals surface area (Å²) in [5.41, 5.74) is 0.449. The predicted molar refractivity (Wildman–Crippen MR) is 45.0 cm³/mol. The van der Waals surface area contributed by atoms with E-state index in [1.54, 1.807) is 18.2 Å². The fourth-order valence-corrected chi connectivity index (χ4v) is 1.49. The predicted octanol–water partition coefficient (Wildman–Crippen LogP) is 1.51. The minimum Gasteiger partial charge on any atom is -0.373 e. The summed E-state index contributed by atoms with van der Waals surface area (Å²) in [7, 11) is 0. The van der Waals surface area contributed by atoms with Crippen LogP contribution >= 0.6 is 0 Å². The van der Waals surface area contributed by atoms with Gasteiger partial charge < -0.3 is 4.74 Å². The summed E-state index contributed by atoms with van der Waals surface area (Å²) in [6.45, 7) is 0.415. The molecule has 0 saturated carbocycles. The number of rotatable bonds is 1. The van der Waals surface area contributed by atoms with Crippen LogP contribution in [0.1, 0.15) is 11.5 Å². The van der Waals surface area contributed by atoms with Gasteiger partial charge in [0.2, 0.25) is 0 Å². The fraction of sp³-hybridized carbons (Fsp3) is 0.300. The monoisotopic (exact) mass is 180 g/mol. The lowest BCUT2D eigenvalue weighted by Crippen LogP contribution is -2.10. The molecule has 0 aliphatic carbocycles. The number of ether oxygens (including phenoxy) is 1. The van der Waals surface area contributed by atoms with Crippen LogP contribution in [0.3, 0.4) is 0 Å². The van der Waals surface area contributed by atoms with E-state index in [1.807, 2.05) is 0 Å². The molecule has 1 fully saturated rings. The van der Waals surface area contributed by atoms with Gasteiger partial charge in [-0.3, -0.25) is 4.79 Å². The molecule has 0 spiro atoms. The van der Waals surface area contributed by atoms with Crippen LogP contribution in [0.15, 0.2) is 24.3 Å². The van der Waals surface area contributed by atoms with Gasteiger partial charge in [0.1, 0.15) is 12.4 Å². The van der Waals surface area contributed by atoms with Gasteiger partial charge in [-0.05, 0) is 6.07 Å². The standard InChI is InChI=1S/C10H9FO2/c11-9-4-2-1-3-7(9)8-5-13-6-10(8)12/h1-4,8H,5-6H2/t8-/m0/s1. The number of hydrogen-bond donors (Lipinski definition) is 0. The molecule has 1 aromatic carbocycles. The number of benzene rings is 1. The van der Waals surface area contributed by atoms with E-state index in [4.69, 9.17) is 4.74 Å². The van der Waals surface area contributed by atoms with E-state index >= 15 is 0 Å². The molecule has 1 aromatic rings. The molecule has 0 amide bonds. The third-order valence-corrected chi connectivity index (χ3v) is 2.20. The Bertz CT molecular complexity index is 335. The van der Waals surface area contributed by atoms with Crippen LogP contribution in [0.25, 0.3) is 0 Å². The van der Waals surface area contributed by atoms with E-state index in [2.05, 4.69) is 0 Å². The molecule has 2 nitrogen and oxygen atoms in total. The quantitative estimate of drug-likeness (QED) is 0.654. The van der Waals surface area contributed by atoms with Gasteiger partial charge in [0.05, 0.1) is 12.5 Å². The minimum absolute atomic E-state index is 0.0369. The molecule has 0 bridgehead atoms. The molecule has 3 heteroatoms. The Morgan fingerprint density at radius 2 is 2.15 bits per heavy atom. The number of hydrogen-bond acceptors (Lipinski definition) is 2. The van der Waals surface area contributed by atoms with Gasteiger partial charge in [0.25, 0.3) is 0 Å². The van der Waals surface area contributed by atoms with Crippen LogP contribution < -0.4 is 0 Å². The summed E-state index contributed by atoms with van der Waals surface area (Å²) in [5.74, 6) is -0.766. The molecule has 1 aliphatic heterocycles. The normalized spacial score (nSPS) is 22.2. The Morgan fingerprint density at radius 3 is 2.77 bits per heavy atom. The Kier molecular flexibility index (Phi) is 2.10. The number of halogens is 1. The Hall–Kier alpha value is -1.22. The van der Waals surface area contributed by atoms with Gasteiger partial charge in [-0.2, -0.15) is 0 Å². The average Bonchev–Trinajstić information content (AvgIpc) is 2.52. The summed E-state index contributed by atoms with van der Waals surface area (Å²) in [6.07, 6.45) is 0. The minimum atomic E-state index is -0.402. The SMILES string of the molecule is O=C1COC[C@H]1c1ccccc1F. The van der Waals surface area contributed by atoms with Crippen molar-refractivity contribution in [2.75, 3.05) is 13.2 Å². The molecule has 0 unspecified atom stereocenters. The maximum atomic E-state index is 13.2. The number of ketones is 1. The molecule has 1 heterocycles. The van der Waals surface area contributed by atoms with Gasteiger partial charge in [-0.25, -0.2) is 4.39 Å². The summed E-state index contributed by atoms with van der Waals surface area (Å²) in [5, 5.41) is 0. The molecule has 0 N–H and O–H groups in total. The van der Waals surface area contributed by atoms with Crippen LogP contribution in [0, 0.1) is 5.82 Å². The first-order valence-electron chi connectivity index (χ1n) is 4.14. The maximum Gasteiger partial charge on any atom is 0.168 e. The Balaban J connectivity index is 2.34. The number of carbonyl (C=O) groups is 1. The molecule has 1 atom stereocenters. The van der Waals surface area contributed by atoms with Gasteiger partial charge in [0.15, 0.2) is 5.78 Å².